The summed E-state index contributed by atoms with van der Waals surface area (Å²) in [6, 6.07) is 6.42. The van der Waals surface area contributed by atoms with Gasteiger partial charge in [-0.15, -0.1) is 0 Å². The number of nitrogens with one attached hydrogen (secondary N) is 1. The average Bonchev–Trinajstić information content (AvgIpc) is 2.44. The molecule has 1 amide bonds. The zero-order chi connectivity index (χ0) is 16.4. The van der Waals surface area contributed by atoms with Crippen molar-refractivity contribution in [3.63, 3.8) is 0 Å². The third-order valence-electron chi connectivity index (χ3n) is 2.66. The molecule has 0 fully saturated rings. The Balaban J connectivity index is 2.28. The van der Waals surface area contributed by atoms with Gasteiger partial charge in [-0.2, -0.15) is 0 Å². The van der Waals surface area contributed by atoms with Gasteiger partial charge in [-0.05, 0) is 24.3 Å². The summed E-state index contributed by atoms with van der Waals surface area (Å²) in [5.74, 6) is -0.544. The van der Waals surface area contributed by atoms with E-state index in [1.165, 1.54) is 24.3 Å². The monoisotopic (exact) mass is 378 g/mol. The molecule has 0 radical (unpaired) electrons. The molecule has 22 heavy (non-hydrogen) atoms. The molecule has 1 N–H and O–H groups in total. The van der Waals surface area contributed by atoms with E-state index in [4.69, 9.17) is 46.4 Å². The van der Waals surface area contributed by atoms with Crippen molar-refractivity contribution in [3.05, 3.63) is 66.1 Å². The number of hydrogen-bond acceptors (Lipinski definition) is 3. The van der Waals surface area contributed by atoms with Crippen LogP contribution in [0, 0.1) is 10.1 Å². The van der Waals surface area contributed by atoms with Crippen LogP contribution in [-0.4, -0.2) is 10.8 Å². The lowest BCUT2D eigenvalue weighted by molar-refractivity contribution is -0.384. The van der Waals surface area contributed by atoms with Gasteiger partial charge in [0.1, 0.15) is 5.02 Å². The van der Waals surface area contributed by atoms with Gasteiger partial charge >= 0.3 is 0 Å². The molecule has 0 aliphatic rings. The van der Waals surface area contributed by atoms with Gasteiger partial charge < -0.3 is 5.32 Å². The highest BCUT2D eigenvalue weighted by atomic mass is 35.5. The molecule has 0 atom stereocenters. The van der Waals surface area contributed by atoms with Crippen molar-refractivity contribution in [2.75, 3.05) is 5.32 Å². The largest absolute Gasteiger partial charge is 0.321 e. The number of anilines is 1. The number of carbonyl (C=O) groups is 1. The molecule has 0 aromatic heterocycles. The van der Waals surface area contributed by atoms with Crippen molar-refractivity contribution in [2.24, 2.45) is 0 Å². The summed E-state index contributed by atoms with van der Waals surface area (Å²) >= 11 is 23.4. The van der Waals surface area contributed by atoms with Crippen molar-refractivity contribution in [2.45, 2.75) is 0 Å². The van der Waals surface area contributed by atoms with Crippen LogP contribution in [0.25, 0.3) is 0 Å². The summed E-state index contributed by atoms with van der Waals surface area (Å²) in [7, 11) is 0. The fourth-order valence-corrected chi connectivity index (χ4v) is 2.45. The Morgan fingerprint density at radius 1 is 0.955 bits per heavy atom. The van der Waals surface area contributed by atoms with E-state index in [2.05, 4.69) is 5.32 Å². The van der Waals surface area contributed by atoms with Gasteiger partial charge in [0.15, 0.2) is 0 Å². The Morgan fingerprint density at radius 2 is 1.59 bits per heavy atom. The lowest BCUT2D eigenvalue weighted by Gasteiger charge is -2.09. The number of rotatable bonds is 3. The molecule has 0 aliphatic carbocycles. The first-order chi connectivity index (χ1) is 10.3. The lowest BCUT2D eigenvalue weighted by atomic mass is 10.2. The third-order valence-corrected chi connectivity index (χ3v) is 4.00. The molecule has 0 saturated carbocycles. The van der Waals surface area contributed by atoms with Gasteiger partial charge in [0, 0.05) is 11.6 Å². The Labute approximate surface area is 144 Å². The minimum absolute atomic E-state index is 0.137. The number of hydrogen-bond donors (Lipinski definition) is 1. The third kappa shape index (κ3) is 3.62. The average molecular weight is 380 g/mol. The molecule has 0 spiro atoms. The first-order valence-electron chi connectivity index (χ1n) is 5.69. The van der Waals surface area contributed by atoms with Crippen LogP contribution in [0.5, 0.6) is 0 Å². The number of halogens is 4. The molecule has 2 aromatic carbocycles. The second-order valence-electron chi connectivity index (χ2n) is 4.12. The van der Waals surface area contributed by atoms with Gasteiger partial charge in [-0.1, -0.05) is 46.4 Å². The van der Waals surface area contributed by atoms with E-state index >= 15 is 0 Å². The van der Waals surface area contributed by atoms with E-state index in [0.29, 0.717) is 0 Å². The second kappa shape index (κ2) is 6.71. The molecule has 0 unspecified atom stereocenters. The van der Waals surface area contributed by atoms with Gasteiger partial charge in [0.25, 0.3) is 11.6 Å². The predicted octanol–water partition coefficient (Wildman–Crippen LogP) is 5.46. The van der Waals surface area contributed by atoms with E-state index in [-0.39, 0.29) is 37.0 Å². The van der Waals surface area contributed by atoms with E-state index in [9.17, 15) is 14.9 Å². The molecule has 0 heterocycles. The van der Waals surface area contributed by atoms with Gasteiger partial charge in [0.05, 0.1) is 25.7 Å². The van der Waals surface area contributed by atoms with Crippen molar-refractivity contribution < 1.29 is 9.72 Å². The van der Waals surface area contributed by atoms with E-state index in [0.717, 1.165) is 6.07 Å². The fourth-order valence-electron chi connectivity index (χ4n) is 1.61. The smallest absolute Gasteiger partial charge is 0.287 e. The molecule has 5 nitrogen and oxygen atoms in total. The Morgan fingerprint density at radius 3 is 2.18 bits per heavy atom. The summed E-state index contributed by atoms with van der Waals surface area (Å²) in [5.41, 5.74) is 0.110. The van der Waals surface area contributed by atoms with Crippen LogP contribution in [0.15, 0.2) is 30.3 Å². The van der Waals surface area contributed by atoms with Crippen molar-refractivity contribution >= 4 is 63.7 Å². The maximum Gasteiger partial charge on any atom is 0.287 e. The predicted molar refractivity (Wildman–Crippen MR) is 87.5 cm³/mol. The van der Waals surface area contributed by atoms with Crippen molar-refractivity contribution in [3.8, 4) is 0 Å². The normalized spacial score (nSPS) is 10.4. The molecule has 0 saturated heterocycles. The number of carbonyl (C=O) groups excluding carboxylic acids is 1. The SMILES string of the molecule is O=C(Nc1cc(Cl)c(Cl)cc1Cl)c1ccc([N+](=O)[O-])c(Cl)c1. The van der Waals surface area contributed by atoms with E-state index < -0.39 is 10.8 Å². The number of nitro groups is 1. The molecule has 2 rings (SSSR count). The zero-order valence-corrected chi connectivity index (χ0v) is 13.6. The van der Waals surface area contributed by atoms with Crippen LogP contribution < -0.4 is 5.32 Å². The standard InChI is InChI=1S/C13H6Cl4N2O3/c14-7-4-9(16)11(5-8(7)15)18-13(20)6-1-2-12(19(21)22)10(17)3-6/h1-5H,(H,18,20). The van der Waals surface area contributed by atoms with Gasteiger partial charge in [-0.3, -0.25) is 14.9 Å². The van der Waals surface area contributed by atoms with Crippen LogP contribution in [0.4, 0.5) is 11.4 Å². The highest BCUT2D eigenvalue weighted by Gasteiger charge is 2.16. The highest BCUT2D eigenvalue weighted by molar-refractivity contribution is 6.44. The first-order valence-corrected chi connectivity index (χ1v) is 7.20. The van der Waals surface area contributed by atoms with Crippen LogP contribution >= 0.6 is 46.4 Å². The van der Waals surface area contributed by atoms with Crippen molar-refractivity contribution in [1.82, 2.24) is 0 Å². The lowest BCUT2D eigenvalue weighted by Crippen LogP contribution is -2.12. The minimum Gasteiger partial charge on any atom is -0.321 e. The molecular formula is C13H6Cl4N2O3. The molecule has 0 bridgehead atoms. The van der Waals surface area contributed by atoms with Crippen molar-refractivity contribution in [1.29, 1.82) is 0 Å². The van der Waals surface area contributed by atoms with Crippen LogP contribution in [0.2, 0.25) is 20.1 Å². The van der Waals surface area contributed by atoms with Crippen LogP contribution in [0.3, 0.4) is 0 Å². The summed E-state index contributed by atoms with van der Waals surface area (Å²) in [6.07, 6.45) is 0. The van der Waals surface area contributed by atoms with Gasteiger partial charge in [-0.25, -0.2) is 0 Å². The summed E-state index contributed by atoms with van der Waals surface area (Å²) in [4.78, 5) is 22.2. The zero-order valence-electron chi connectivity index (χ0n) is 10.6. The Bertz CT molecular complexity index is 780. The molecular weight excluding hydrogens is 374 g/mol. The molecule has 2 aromatic rings. The summed E-state index contributed by atoms with van der Waals surface area (Å²) in [5, 5.41) is 13.8. The van der Waals surface area contributed by atoms with Crippen LogP contribution in [0.1, 0.15) is 10.4 Å². The summed E-state index contributed by atoms with van der Waals surface area (Å²) in [6.45, 7) is 0. The maximum atomic E-state index is 12.1. The van der Waals surface area contributed by atoms with Crippen LogP contribution in [-0.2, 0) is 0 Å². The van der Waals surface area contributed by atoms with E-state index in [1.807, 2.05) is 0 Å². The number of nitrogens with zero attached hydrogens (tertiary/aromatic N) is 1. The fraction of sp³-hybridized carbons (Fsp3) is 0. The minimum atomic E-state index is -0.639. The second-order valence-corrected chi connectivity index (χ2v) is 5.75. The maximum absolute atomic E-state index is 12.1. The highest BCUT2D eigenvalue weighted by Crippen LogP contribution is 2.33. The topological polar surface area (TPSA) is 72.2 Å². The number of nitro benzene ring substituents is 1. The number of amides is 1. The first kappa shape index (κ1) is 16.8. The van der Waals surface area contributed by atoms with Gasteiger partial charge in [0.2, 0.25) is 0 Å². The molecule has 114 valence electrons. The molecule has 0 aliphatic heterocycles. The molecule has 9 heteroatoms. The number of benzene rings is 2. The quantitative estimate of drug-likeness (QED) is 0.437. The summed E-state index contributed by atoms with van der Waals surface area (Å²) < 4.78 is 0. The van der Waals surface area contributed by atoms with E-state index in [1.54, 1.807) is 0 Å². The Kier molecular flexibility index (Phi) is 5.13. The Hall–Kier alpha value is -1.53.